The molecule has 0 bridgehead atoms. The molecule has 1 aromatic rings. The van der Waals surface area contributed by atoms with E-state index in [0.717, 1.165) is 32.7 Å². The van der Waals surface area contributed by atoms with Crippen LogP contribution in [0, 0.1) is 5.92 Å². The van der Waals surface area contributed by atoms with Gasteiger partial charge < -0.3 is 10.5 Å². The quantitative estimate of drug-likeness (QED) is 0.897. The summed E-state index contributed by atoms with van der Waals surface area (Å²) in [6.45, 7) is 10.3. The van der Waals surface area contributed by atoms with E-state index < -0.39 is 0 Å². The van der Waals surface area contributed by atoms with E-state index in [1.165, 1.54) is 11.1 Å². The second-order valence-corrected chi connectivity index (χ2v) is 6.42. The topological polar surface area (TPSA) is 38.5 Å². The normalized spacial score (nSPS) is 22.1. The van der Waals surface area contributed by atoms with Crippen LogP contribution in [0.15, 0.2) is 24.3 Å². The molecule has 0 amide bonds. The van der Waals surface area contributed by atoms with Gasteiger partial charge in [0.1, 0.15) is 0 Å². The van der Waals surface area contributed by atoms with Gasteiger partial charge in [0.2, 0.25) is 0 Å². The third-order valence-electron chi connectivity index (χ3n) is 3.84. The minimum atomic E-state index is 0.103. The summed E-state index contributed by atoms with van der Waals surface area (Å²) in [6, 6.07) is 9.14. The molecule has 1 aliphatic heterocycles. The van der Waals surface area contributed by atoms with Crippen LogP contribution in [0.2, 0.25) is 0 Å². The fourth-order valence-corrected chi connectivity index (χ4v) is 2.70. The summed E-state index contributed by atoms with van der Waals surface area (Å²) in [5.74, 6) is 0.715. The van der Waals surface area contributed by atoms with Crippen LogP contribution in [0.4, 0.5) is 0 Å². The van der Waals surface area contributed by atoms with E-state index in [1.807, 2.05) is 6.92 Å². The van der Waals surface area contributed by atoms with Gasteiger partial charge in [-0.25, -0.2) is 0 Å². The lowest BCUT2D eigenvalue weighted by Crippen LogP contribution is -2.49. The minimum Gasteiger partial charge on any atom is -0.374 e. The van der Waals surface area contributed by atoms with Crippen LogP contribution in [0.25, 0.3) is 0 Å². The zero-order chi connectivity index (χ0) is 14.5. The summed E-state index contributed by atoms with van der Waals surface area (Å²) in [4.78, 5) is 2.44. The molecule has 2 N–H and O–H groups in total. The average Bonchev–Trinajstić information content (AvgIpc) is 2.41. The number of nitrogens with zero attached hydrogens (tertiary/aromatic N) is 1. The molecule has 1 fully saturated rings. The molecule has 2 rings (SSSR count). The van der Waals surface area contributed by atoms with E-state index in [2.05, 4.69) is 43.0 Å². The highest BCUT2D eigenvalue weighted by Crippen LogP contribution is 2.14. The highest BCUT2D eigenvalue weighted by molar-refractivity contribution is 5.22. The molecule has 0 aliphatic carbocycles. The maximum atomic E-state index is 5.94. The Bertz CT molecular complexity index is 400. The molecule has 1 aromatic carbocycles. The lowest BCUT2D eigenvalue weighted by molar-refractivity contribution is -0.0403. The van der Waals surface area contributed by atoms with Gasteiger partial charge in [0.05, 0.1) is 12.7 Å². The third kappa shape index (κ3) is 4.58. The molecule has 2 unspecified atom stereocenters. The smallest absolute Gasteiger partial charge is 0.0850 e. The first-order chi connectivity index (χ1) is 9.54. The Hall–Kier alpha value is -0.900. The summed E-state index contributed by atoms with van der Waals surface area (Å²) >= 11 is 0. The van der Waals surface area contributed by atoms with Gasteiger partial charge in [-0.3, -0.25) is 4.90 Å². The maximum Gasteiger partial charge on any atom is 0.0850 e. The van der Waals surface area contributed by atoms with Gasteiger partial charge in [-0.15, -0.1) is 0 Å². The van der Waals surface area contributed by atoms with Crippen molar-refractivity contribution in [3.63, 3.8) is 0 Å². The summed E-state index contributed by atoms with van der Waals surface area (Å²) < 4.78 is 5.70. The SMILES string of the molecule is CC(C)Cc1ccc(CN2CCOC(C(C)N)C2)cc1. The number of benzene rings is 1. The Morgan fingerprint density at radius 2 is 1.85 bits per heavy atom. The molecule has 0 radical (unpaired) electrons. The maximum absolute atomic E-state index is 5.94. The van der Waals surface area contributed by atoms with Crippen LogP contribution in [0.3, 0.4) is 0 Å². The second kappa shape index (κ2) is 7.21. The molecular formula is C17H28N2O. The van der Waals surface area contributed by atoms with Crippen LogP contribution in [0.1, 0.15) is 31.9 Å². The van der Waals surface area contributed by atoms with Crippen molar-refractivity contribution in [3.05, 3.63) is 35.4 Å². The lowest BCUT2D eigenvalue weighted by Gasteiger charge is -2.34. The fourth-order valence-electron chi connectivity index (χ4n) is 2.70. The van der Waals surface area contributed by atoms with E-state index in [4.69, 9.17) is 10.5 Å². The van der Waals surface area contributed by atoms with Gasteiger partial charge >= 0.3 is 0 Å². The van der Waals surface area contributed by atoms with E-state index in [0.29, 0.717) is 5.92 Å². The zero-order valence-corrected chi connectivity index (χ0v) is 13.0. The van der Waals surface area contributed by atoms with E-state index in [-0.39, 0.29) is 12.1 Å². The van der Waals surface area contributed by atoms with Crippen molar-refractivity contribution in [3.8, 4) is 0 Å². The minimum absolute atomic E-state index is 0.103. The molecule has 2 atom stereocenters. The molecular weight excluding hydrogens is 248 g/mol. The first-order valence-electron chi connectivity index (χ1n) is 7.72. The van der Waals surface area contributed by atoms with Crippen LogP contribution in [-0.2, 0) is 17.7 Å². The standard InChI is InChI=1S/C17H28N2O/c1-13(2)10-15-4-6-16(7-5-15)11-19-8-9-20-17(12-19)14(3)18/h4-7,13-14,17H,8-12,18H2,1-3H3. The Kier molecular flexibility index (Phi) is 5.58. The first kappa shape index (κ1) is 15.5. The van der Waals surface area contributed by atoms with Crippen molar-refractivity contribution in [2.24, 2.45) is 11.7 Å². The van der Waals surface area contributed by atoms with Crippen LogP contribution in [-0.4, -0.2) is 36.7 Å². The van der Waals surface area contributed by atoms with Gasteiger partial charge in [-0.1, -0.05) is 38.1 Å². The molecule has 1 saturated heterocycles. The van der Waals surface area contributed by atoms with E-state index in [9.17, 15) is 0 Å². The molecule has 112 valence electrons. The Morgan fingerprint density at radius 3 is 2.45 bits per heavy atom. The molecule has 0 saturated carbocycles. The number of morpholine rings is 1. The summed E-state index contributed by atoms with van der Waals surface area (Å²) in [7, 11) is 0. The number of hydrogen-bond acceptors (Lipinski definition) is 3. The molecule has 1 aliphatic rings. The number of ether oxygens (including phenoxy) is 1. The van der Waals surface area contributed by atoms with Gasteiger partial charge in [-0.05, 0) is 30.4 Å². The van der Waals surface area contributed by atoms with E-state index in [1.54, 1.807) is 0 Å². The van der Waals surface area contributed by atoms with E-state index >= 15 is 0 Å². The highest BCUT2D eigenvalue weighted by atomic mass is 16.5. The third-order valence-corrected chi connectivity index (χ3v) is 3.84. The van der Waals surface area contributed by atoms with Gasteiger partial charge in [-0.2, -0.15) is 0 Å². The van der Waals surface area contributed by atoms with Crippen molar-refractivity contribution in [2.45, 2.75) is 45.9 Å². The Morgan fingerprint density at radius 1 is 1.20 bits per heavy atom. The Labute approximate surface area is 123 Å². The number of nitrogens with two attached hydrogens (primary N) is 1. The van der Waals surface area contributed by atoms with Crippen molar-refractivity contribution in [2.75, 3.05) is 19.7 Å². The average molecular weight is 276 g/mol. The summed E-state index contributed by atoms with van der Waals surface area (Å²) in [6.07, 6.45) is 1.33. The monoisotopic (exact) mass is 276 g/mol. The number of rotatable bonds is 5. The molecule has 3 nitrogen and oxygen atoms in total. The molecule has 0 aromatic heterocycles. The predicted octanol–water partition coefficient (Wildman–Crippen LogP) is 2.43. The first-order valence-corrected chi connectivity index (χ1v) is 7.72. The van der Waals surface area contributed by atoms with Gasteiger partial charge in [0.15, 0.2) is 0 Å². The molecule has 1 heterocycles. The van der Waals surface area contributed by atoms with Crippen molar-refractivity contribution < 1.29 is 4.74 Å². The Balaban J connectivity index is 1.89. The fraction of sp³-hybridized carbons (Fsp3) is 0.647. The second-order valence-electron chi connectivity index (χ2n) is 6.42. The summed E-state index contributed by atoms with van der Waals surface area (Å²) in [5, 5.41) is 0. The number of hydrogen-bond donors (Lipinski definition) is 1. The van der Waals surface area contributed by atoms with Crippen molar-refractivity contribution in [1.82, 2.24) is 4.90 Å². The largest absolute Gasteiger partial charge is 0.374 e. The van der Waals surface area contributed by atoms with Crippen molar-refractivity contribution >= 4 is 0 Å². The predicted molar refractivity (Wildman–Crippen MR) is 83.7 cm³/mol. The molecule has 3 heteroatoms. The lowest BCUT2D eigenvalue weighted by atomic mass is 10.0. The zero-order valence-electron chi connectivity index (χ0n) is 13.0. The van der Waals surface area contributed by atoms with Crippen molar-refractivity contribution in [1.29, 1.82) is 0 Å². The van der Waals surface area contributed by atoms with Gasteiger partial charge in [0, 0.05) is 25.7 Å². The highest BCUT2D eigenvalue weighted by Gasteiger charge is 2.23. The van der Waals surface area contributed by atoms with Crippen LogP contribution >= 0.6 is 0 Å². The van der Waals surface area contributed by atoms with Crippen LogP contribution < -0.4 is 5.73 Å². The molecule has 20 heavy (non-hydrogen) atoms. The van der Waals surface area contributed by atoms with Crippen LogP contribution in [0.5, 0.6) is 0 Å². The summed E-state index contributed by atoms with van der Waals surface area (Å²) in [5.41, 5.74) is 8.74. The van der Waals surface area contributed by atoms with Gasteiger partial charge in [0.25, 0.3) is 0 Å². The molecule has 0 spiro atoms.